The van der Waals surface area contributed by atoms with Crippen LogP contribution in [0.4, 0.5) is 0 Å². The van der Waals surface area contributed by atoms with Gasteiger partial charge in [-0.3, -0.25) is 0 Å². The van der Waals surface area contributed by atoms with Crippen molar-refractivity contribution >= 4 is 11.6 Å². The fourth-order valence-electron chi connectivity index (χ4n) is 2.60. The van der Waals surface area contributed by atoms with Crippen molar-refractivity contribution in [2.45, 2.75) is 45.1 Å². The predicted molar refractivity (Wildman–Crippen MR) is 66.8 cm³/mol. The third kappa shape index (κ3) is 2.44. The summed E-state index contributed by atoms with van der Waals surface area (Å²) in [5.74, 6) is 1.60. The Balaban J connectivity index is 2.13. The lowest BCUT2D eigenvalue weighted by Crippen LogP contribution is -2.54. The van der Waals surface area contributed by atoms with Gasteiger partial charge in [0.05, 0.1) is 0 Å². The maximum Gasteiger partial charge on any atom is 0.193 e. The fraction of sp³-hybridized carbons (Fsp3) is 0.692. The lowest BCUT2D eigenvalue weighted by atomic mass is 9.76. The van der Waals surface area contributed by atoms with Gasteiger partial charge >= 0.3 is 0 Å². The second kappa shape index (κ2) is 4.80. The molecule has 0 amide bonds. The lowest BCUT2D eigenvalue weighted by molar-refractivity contribution is 0.173. The van der Waals surface area contributed by atoms with E-state index < -0.39 is 0 Å². The van der Waals surface area contributed by atoms with Crippen LogP contribution < -0.4 is 5.32 Å². The lowest BCUT2D eigenvalue weighted by Gasteiger charge is -2.41. The Kier molecular flexibility index (Phi) is 3.60. The van der Waals surface area contributed by atoms with Crippen LogP contribution in [0.25, 0.3) is 0 Å². The summed E-state index contributed by atoms with van der Waals surface area (Å²) < 4.78 is 5.49. The quantitative estimate of drug-likeness (QED) is 0.874. The van der Waals surface area contributed by atoms with Gasteiger partial charge in [-0.15, -0.1) is 0 Å². The van der Waals surface area contributed by atoms with E-state index in [1.807, 2.05) is 12.1 Å². The van der Waals surface area contributed by atoms with Gasteiger partial charge in [0.2, 0.25) is 0 Å². The topological polar surface area (TPSA) is 25.2 Å². The summed E-state index contributed by atoms with van der Waals surface area (Å²) in [6, 6.07) is 3.82. The molecule has 1 N–H and O–H groups in total. The Labute approximate surface area is 102 Å². The Hall–Kier alpha value is -0.470. The number of rotatable bonds is 3. The van der Waals surface area contributed by atoms with Crippen LogP contribution in [0.1, 0.15) is 38.9 Å². The van der Waals surface area contributed by atoms with E-state index in [-0.39, 0.29) is 5.54 Å². The van der Waals surface area contributed by atoms with Gasteiger partial charge in [-0.2, -0.15) is 0 Å². The van der Waals surface area contributed by atoms with Crippen LogP contribution in [0.2, 0.25) is 5.22 Å². The molecular weight excluding hydrogens is 222 g/mol. The first-order chi connectivity index (χ1) is 7.62. The molecule has 2 nitrogen and oxygen atoms in total. The highest BCUT2D eigenvalue weighted by Crippen LogP contribution is 2.31. The Bertz CT molecular complexity index is 339. The molecule has 1 fully saturated rings. The molecule has 90 valence electrons. The molecule has 1 aliphatic rings. The number of nitrogens with one attached hydrogen (secondary N) is 1. The van der Waals surface area contributed by atoms with Gasteiger partial charge in [0, 0.05) is 12.0 Å². The van der Waals surface area contributed by atoms with Crippen LogP contribution in [0.5, 0.6) is 0 Å². The highest BCUT2D eigenvalue weighted by atomic mass is 35.5. The minimum absolute atomic E-state index is 0.194. The average Bonchev–Trinajstić information content (AvgIpc) is 2.65. The molecule has 0 spiro atoms. The van der Waals surface area contributed by atoms with Crippen molar-refractivity contribution in [3.05, 3.63) is 23.1 Å². The van der Waals surface area contributed by atoms with Gasteiger partial charge in [-0.25, -0.2) is 0 Å². The van der Waals surface area contributed by atoms with Crippen molar-refractivity contribution in [1.82, 2.24) is 5.32 Å². The zero-order chi connectivity index (χ0) is 11.6. The molecule has 1 aliphatic heterocycles. The molecule has 3 heteroatoms. The maximum atomic E-state index is 5.82. The number of furan rings is 1. The van der Waals surface area contributed by atoms with Crippen molar-refractivity contribution in [2.75, 3.05) is 6.54 Å². The third-order valence-corrected chi connectivity index (χ3v) is 3.95. The molecule has 0 aromatic carbocycles. The smallest absolute Gasteiger partial charge is 0.193 e. The second-order valence-electron chi connectivity index (χ2n) is 5.08. The van der Waals surface area contributed by atoms with Crippen molar-refractivity contribution in [3.8, 4) is 0 Å². The van der Waals surface area contributed by atoms with E-state index in [1.165, 1.54) is 19.3 Å². The number of piperidine rings is 1. The van der Waals surface area contributed by atoms with E-state index in [9.17, 15) is 0 Å². The highest BCUT2D eigenvalue weighted by Gasteiger charge is 2.35. The van der Waals surface area contributed by atoms with Crippen molar-refractivity contribution in [2.24, 2.45) is 5.92 Å². The Morgan fingerprint density at radius 3 is 2.75 bits per heavy atom. The van der Waals surface area contributed by atoms with Crippen LogP contribution in [-0.2, 0) is 6.42 Å². The van der Waals surface area contributed by atoms with Gasteiger partial charge in [-0.05, 0) is 49.0 Å². The maximum absolute atomic E-state index is 5.82. The van der Waals surface area contributed by atoms with E-state index in [4.69, 9.17) is 16.0 Å². The monoisotopic (exact) mass is 241 g/mol. The SMILES string of the molecule is CC(C)C1(Cc2ccc(Cl)o2)CCCCN1. The first kappa shape index (κ1) is 12.0. The van der Waals surface area contributed by atoms with Gasteiger partial charge < -0.3 is 9.73 Å². The van der Waals surface area contributed by atoms with Crippen LogP contribution in [0.3, 0.4) is 0 Å². The Morgan fingerprint density at radius 1 is 1.44 bits per heavy atom. The van der Waals surface area contributed by atoms with Crippen LogP contribution in [-0.4, -0.2) is 12.1 Å². The van der Waals surface area contributed by atoms with Gasteiger partial charge in [-0.1, -0.05) is 20.3 Å². The number of halogens is 1. The van der Waals surface area contributed by atoms with E-state index >= 15 is 0 Å². The normalized spacial score (nSPS) is 26.2. The van der Waals surface area contributed by atoms with Gasteiger partial charge in [0.25, 0.3) is 0 Å². The van der Waals surface area contributed by atoms with Crippen LogP contribution in [0.15, 0.2) is 16.5 Å². The molecule has 0 bridgehead atoms. The van der Waals surface area contributed by atoms with Crippen molar-refractivity contribution in [3.63, 3.8) is 0 Å². The van der Waals surface area contributed by atoms with E-state index in [1.54, 1.807) is 0 Å². The first-order valence-corrected chi connectivity index (χ1v) is 6.49. The molecule has 1 aromatic heterocycles. The molecule has 1 aromatic rings. The second-order valence-corrected chi connectivity index (χ2v) is 5.45. The molecule has 2 heterocycles. The minimum atomic E-state index is 0.194. The summed E-state index contributed by atoms with van der Waals surface area (Å²) in [4.78, 5) is 0. The summed E-state index contributed by atoms with van der Waals surface area (Å²) in [7, 11) is 0. The van der Waals surface area contributed by atoms with Crippen LogP contribution in [0, 0.1) is 5.92 Å². The van der Waals surface area contributed by atoms with E-state index in [0.717, 1.165) is 18.7 Å². The largest absolute Gasteiger partial charge is 0.450 e. The van der Waals surface area contributed by atoms with Crippen molar-refractivity contribution in [1.29, 1.82) is 0 Å². The standard InChI is InChI=1S/C13H20ClNO/c1-10(2)13(7-3-4-8-15-13)9-11-5-6-12(14)16-11/h5-6,10,15H,3-4,7-9H2,1-2H3. The zero-order valence-electron chi connectivity index (χ0n) is 10.1. The zero-order valence-corrected chi connectivity index (χ0v) is 10.8. The summed E-state index contributed by atoms with van der Waals surface area (Å²) in [5, 5.41) is 4.18. The number of hydrogen-bond donors (Lipinski definition) is 1. The van der Waals surface area contributed by atoms with Gasteiger partial charge in [0.15, 0.2) is 5.22 Å². The van der Waals surface area contributed by atoms with Crippen molar-refractivity contribution < 1.29 is 4.42 Å². The molecule has 1 atom stereocenters. The minimum Gasteiger partial charge on any atom is -0.450 e. The average molecular weight is 242 g/mol. The molecule has 16 heavy (non-hydrogen) atoms. The molecule has 1 unspecified atom stereocenters. The highest BCUT2D eigenvalue weighted by molar-refractivity contribution is 6.28. The number of hydrogen-bond acceptors (Lipinski definition) is 2. The van der Waals surface area contributed by atoms with Crippen LogP contribution >= 0.6 is 11.6 Å². The van der Waals surface area contributed by atoms with Gasteiger partial charge in [0.1, 0.15) is 5.76 Å². The predicted octanol–water partition coefficient (Wildman–Crippen LogP) is 3.64. The first-order valence-electron chi connectivity index (χ1n) is 6.12. The summed E-state index contributed by atoms with van der Waals surface area (Å²) >= 11 is 5.82. The molecule has 0 aliphatic carbocycles. The molecule has 0 saturated carbocycles. The summed E-state index contributed by atoms with van der Waals surface area (Å²) in [6.45, 7) is 5.68. The third-order valence-electron chi connectivity index (χ3n) is 3.75. The fourth-order valence-corrected chi connectivity index (χ4v) is 2.76. The summed E-state index contributed by atoms with van der Waals surface area (Å²) in [6.07, 6.45) is 4.76. The molecule has 0 radical (unpaired) electrons. The summed E-state index contributed by atoms with van der Waals surface area (Å²) in [5.41, 5.74) is 0.194. The molecule has 1 saturated heterocycles. The molecule has 2 rings (SSSR count). The Morgan fingerprint density at radius 2 is 2.25 bits per heavy atom. The van der Waals surface area contributed by atoms with E-state index in [2.05, 4.69) is 19.2 Å². The molecular formula is C13H20ClNO. The van der Waals surface area contributed by atoms with E-state index in [0.29, 0.717) is 11.1 Å².